The molecular formula is C23H26N4O4S. The molecule has 32 heavy (non-hydrogen) atoms. The minimum absolute atomic E-state index is 0.182. The van der Waals surface area contributed by atoms with Gasteiger partial charge in [-0.15, -0.1) is 0 Å². The molecule has 8 nitrogen and oxygen atoms in total. The first-order valence-corrected chi connectivity index (χ1v) is 12.0. The molecule has 1 N–H and O–H groups in total. The van der Waals surface area contributed by atoms with Crippen molar-refractivity contribution in [2.24, 2.45) is 0 Å². The van der Waals surface area contributed by atoms with Gasteiger partial charge in [0, 0.05) is 25.2 Å². The van der Waals surface area contributed by atoms with E-state index in [9.17, 15) is 13.2 Å². The molecule has 1 aliphatic heterocycles. The van der Waals surface area contributed by atoms with Crippen LogP contribution in [0.4, 0.5) is 0 Å². The number of fused-ring (bicyclic) bond motifs is 1. The van der Waals surface area contributed by atoms with Gasteiger partial charge in [-0.05, 0) is 56.2 Å². The summed E-state index contributed by atoms with van der Waals surface area (Å²) in [5.74, 6) is -0.182. The van der Waals surface area contributed by atoms with Crippen molar-refractivity contribution in [3.63, 3.8) is 0 Å². The molecule has 0 bridgehead atoms. The Labute approximate surface area is 187 Å². The third kappa shape index (κ3) is 4.79. The van der Waals surface area contributed by atoms with Crippen LogP contribution < -0.4 is 5.32 Å². The lowest BCUT2D eigenvalue weighted by molar-refractivity contribution is 0.0730. The summed E-state index contributed by atoms with van der Waals surface area (Å²) in [5, 5.41) is 2.91. The Morgan fingerprint density at radius 1 is 1.00 bits per heavy atom. The van der Waals surface area contributed by atoms with Gasteiger partial charge in [-0.1, -0.05) is 12.1 Å². The third-order valence-electron chi connectivity index (χ3n) is 5.57. The number of carbonyl (C=O) groups is 1. The van der Waals surface area contributed by atoms with Crippen LogP contribution in [0.5, 0.6) is 0 Å². The summed E-state index contributed by atoms with van der Waals surface area (Å²) in [6.45, 7) is 5.81. The van der Waals surface area contributed by atoms with Crippen molar-refractivity contribution in [3.05, 3.63) is 65.0 Å². The number of hydrogen-bond acceptors (Lipinski definition) is 6. The van der Waals surface area contributed by atoms with Crippen molar-refractivity contribution in [2.75, 3.05) is 32.8 Å². The van der Waals surface area contributed by atoms with E-state index in [2.05, 4.69) is 15.3 Å². The molecule has 0 radical (unpaired) electrons. The number of benzene rings is 2. The number of hydrogen-bond donors (Lipinski definition) is 1. The number of rotatable bonds is 6. The standard InChI is InChI=1S/C23H26N4O4S/c1-16-17(2)26-22-15-19(5-8-21(22)25-16)23(28)24-10-9-18-3-6-20(7-4-18)32(29,30)27-11-13-31-14-12-27/h3-8,15H,9-14H2,1-2H3,(H,24,28). The van der Waals surface area contributed by atoms with Crippen LogP contribution in [0.3, 0.4) is 0 Å². The second kappa shape index (κ2) is 9.32. The van der Waals surface area contributed by atoms with Gasteiger partial charge in [-0.3, -0.25) is 4.79 Å². The Kier molecular flexibility index (Phi) is 6.50. The van der Waals surface area contributed by atoms with Crippen LogP contribution >= 0.6 is 0 Å². The van der Waals surface area contributed by atoms with Gasteiger partial charge in [0.15, 0.2) is 0 Å². The largest absolute Gasteiger partial charge is 0.379 e. The number of morpholine rings is 1. The van der Waals surface area contributed by atoms with E-state index in [1.807, 2.05) is 13.8 Å². The molecule has 0 saturated carbocycles. The highest BCUT2D eigenvalue weighted by atomic mass is 32.2. The molecule has 1 aromatic heterocycles. The molecular weight excluding hydrogens is 428 g/mol. The Bertz CT molecular complexity index is 1240. The number of aromatic nitrogens is 2. The van der Waals surface area contributed by atoms with Gasteiger partial charge in [0.1, 0.15) is 0 Å². The highest BCUT2D eigenvalue weighted by molar-refractivity contribution is 7.89. The molecule has 2 aromatic carbocycles. The van der Waals surface area contributed by atoms with Gasteiger partial charge < -0.3 is 10.1 Å². The number of ether oxygens (including phenoxy) is 1. The maximum atomic E-state index is 12.7. The summed E-state index contributed by atoms with van der Waals surface area (Å²) in [5.41, 5.74) is 4.64. The monoisotopic (exact) mass is 454 g/mol. The zero-order valence-electron chi connectivity index (χ0n) is 18.2. The normalized spacial score (nSPS) is 15.1. The molecule has 0 spiro atoms. The molecule has 0 aliphatic carbocycles. The quantitative estimate of drug-likeness (QED) is 0.613. The van der Waals surface area contributed by atoms with E-state index in [-0.39, 0.29) is 10.8 Å². The van der Waals surface area contributed by atoms with Crippen LogP contribution in [0.1, 0.15) is 27.3 Å². The Balaban J connectivity index is 1.35. The zero-order valence-corrected chi connectivity index (χ0v) is 19.0. The lowest BCUT2D eigenvalue weighted by Gasteiger charge is -2.26. The minimum atomic E-state index is -3.50. The number of carbonyl (C=O) groups excluding carboxylic acids is 1. The third-order valence-corrected chi connectivity index (χ3v) is 7.48. The van der Waals surface area contributed by atoms with Crippen LogP contribution in [0.2, 0.25) is 0 Å². The summed E-state index contributed by atoms with van der Waals surface area (Å²) in [6.07, 6.45) is 0.593. The van der Waals surface area contributed by atoms with Gasteiger partial charge >= 0.3 is 0 Å². The van der Waals surface area contributed by atoms with Crippen molar-refractivity contribution in [1.82, 2.24) is 19.6 Å². The molecule has 3 aromatic rings. The summed E-state index contributed by atoms with van der Waals surface area (Å²) >= 11 is 0. The smallest absolute Gasteiger partial charge is 0.251 e. The van der Waals surface area contributed by atoms with E-state index in [0.29, 0.717) is 50.3 Å². The fourth-order valence-electron chi connectivity index (χ4n) is 3.56. The van der Waals surface area contributed by atoms with E-state index in [0.717, 1.165) is 22.5 Å². The maximum absolute atomic E-state index is 12.7. The highest BCUT2D eigenvalue weighted by Crippen LogP contribution is 2.18. The molecule has 1 aliphatic rings. The number of aryl methyl sites for hydroxylation is 2. The first kappa shape index (κ1) is 22.3. The predicted octanol–water partition coefficient (Wildman–Crippen LogP) is 2.24. The Morgan fingerprint density at radius 3 is 2.34 bits per heavy atom. The first-order chi connectivity index (χ1) is 15.3. The molecule has 4 rings (SSSR count). The lowest BCUT2D eigenvalue weighted by Crippen LogP contribution is -2.40. The van der Waals surface area contributed by atoms with Crippen molar-refractivity contribution in [1.29, 1.82) is 0 Å². The number of nitrogens with zero attached hydrogens (tertiary/aromatic N) is 3. The topological polar surface area (TPSA) is 101 Å². The molecule has 0 unspecified atom stereocenters. The molecule has 1 saturated heterocycles. The summed E-state index contributed by atoms with van der Waals surface area (Å²) < 4.78 is 32.1. The van der Waals surface area contributed by atoms with E-state index in [1.54, 1.807) is 42.5 Å². The average molecular weight is 455 g/mol. The lowest BCUT2D eigenvalue weighted by atomic mass is 10.1. The van der Waals surface area contributed by atoms with Crippen molar-refractivity contribution in [2.45, 2.75) is 25.2 Å². The first-order valence-electron chi connectivity index (χ1n) is 10.5. The van der Waals surface area contributed by atoms with Gasteiger partial charge in [0.25, 0.3) is 5.91 Å². The highest BCUT2D eigenvalue weighted by Gasteiger charge is 2.26. The molecule has 9 heteroatoms. The average Bonchev–Trinajstić information content (AvgIpc) is 2.80. The molecule has 1 amide bonds. The van der Waals surface area contributed by atoms with Crippen molar-refractivity contribution in [3.8, 4) is 0 Å². The van der Waals surface area contributed by atoms with E-state index in [4.69, 9.17) is 4.74 Å². The second-order valence-corrected chi connectivity index (χ2v) is 9.70. The fourth-order valence-corrected chi connectivity index (χ4v) is 4.97. The van der Waals surface area contributed by atoms with Gasteiger partial charge in [-0.2, -0.15) is 4.31 Å². The Hall–Kier alpha value is -2.88. The molecule has 2 heterocycles. The van der Waals surface area contributed by atoms with Crippen LogP contribution in [-0.2, 0) is 21.2 Å². The predicted molar refractivity (Wildman–Crippen MR) is 121 cm³/mol. The van der Waals surface area contributed by atoms with Crippen LogP contribution in [0, 0.1) is 13.8 Å². The van der Waals surface area contributed by atoms with Crippen LogP contribution in [0.15, 0.2) is 47.4 Å². The van der Waals surface area contributed by atoms with Gasteiger partial charge in [-0.25, -0.2) is 18.4 Å². The van der Waals surface area contributed by atoms with Gasteiger partial charge in [0.05, 0.1) is 40.5 Å². The van der Waals surface area contributed by atoms with E-state index < -0.39 is 10.0 Å². The molecule has 1 fully saturated rings. The fraction of sp³-hybridized carbons (Fsp3) is 0.348. The zero-order chi connectivity index (χ0) is 22.7. The molecule has 168 valence electrons. The molecule has 0 atom stereocenters. The van der Waals surface area contributed by atoms with E-state index >= 15 is 0 Å². The summed E-state index contributed by atoms with van der Waals surface area (Å²) in [7, 11) is -3.50. The number of sulfonamides is 1. The van der Waals surface area contributed by atoms with Gasteiger partial charge in [0.2, 0.25) is 10.0 Å². The second-order valence-electron chi connectivity index (χ2n) is 7.76. The Morgan fingerprint density at radius 2 is 1.66 bits per heavy atom. The minimum Gasteiger partial charge on any atom is -0.379 e. The van der Waals surface area contributed by atoms with Crippen LogP contribution in [-0.4, -0.2) is 61.4 Å². The summed E-state index contributed by atoms with van der Waals surface area (Å²) in [6, 6.07) is 12.1. The van der Waals surface area contributed by atoms with Crippen molar-refractivity contribution >= 4 is 27.0 Å². The SMILES string of the molecule is Cc1nc2ccc(C(=O)NCCc3ccc(S(=O)(=O)N4CCOCC4)cc3)cc2nc1C. The summed E-state index contributed by atoms with van der Waals surface area (Å²) in [4.78, 5) is 21.8. The van der Waals surface area contributed by atoms with Crippen LogP contribution in [0.25, 0.3) is 11.0 Å². The van der Waals surface area contributed by atoms with Crippen molar-refractivity contribution < 1.29 is 17.9 Å². The number of amides is 1. The van der Waals surface area contributed by atoms with E-state index in [1.165, 1.54) is 4.31 Å². The number of nitrogens with one attached hydrogen (secondary N) is 1. The maximum Gasteiger partial charge on any atom is 0.251 e.